The molecule has 0 saturated heterocycles. The second-order valence-electron chi connectivity index (χ2n) is 18.6. The summed E-state index contributed by atoms with van der Waals surface area (Å²) in [5.41, 5.74) is -1.50. The predicted molar refractivity (Wildman–Crippen MR) is 270 cm³/mol. The quantitative estimate of drug-likeness (QED) is 0.0192. The van der Waals surface area contributed by atoms with Crippen molar-refractivity contribution >= 4 is 86.4 Å². The minimum atomic E-state index is -4.29. The molecule has 4 rings (SSSR count). The summed E-state index contributed by atoms with van der Waals surface area (Å²) in [6.45, 7) is 17.0. The number of aromatic carboxylic acids is 1. The molecule has 0 radical (unpaired) electrons. The summed E-state index contributed by atoms with van der Waals surface area (Å²) in [5.74, 6) is -1.59. The number of hydrogen-bond donors (Lipinski definition) is 7. The fourth-order valence-electron chi connectivity index (χ4n) is 6.35. The van der Waals surface area contributed by atoms with Gasteiger partial charge in [-0.05, 0) is 160 Å². The number of guanidine groups is 1. The number of thiophene rings is 1. The Morgan fingerprint density at radius 2 is 1.40 bits per heavy atom. The molecule has 1 heterocycles. The zero-order valence-electron chi connectivity index (χ0n) is 41.0. The van der Waals surface area contributed by atoms with Gasteiger partial charge in [-0.1, -0.05) is 12.1 Å². The number of unbranched alkanes of at least 4 members (excludes halogenated alkanes) is 2. The highest BCUT2D eigenvalue weighted by atomic mass is 32.2. The summed E-state index contributed by atoms with van der Waals surface area (Å²) in [5, 5.41) is 36.8. The molecule has 70 heavy (non-hydrogen) atoms. The van der Waals surface area contributed by atoms with E-state index in [0.717, 1.165) is 28.0 Å². The molecule has 0 spiro atoms. The molecule has 22 heteroatoms. The number of rotatable bonds is 15. The van der Waals surface area contributed by atoms with Gasteiger partial charge < -0.3 is 34.7 Å². The van der Waals surface area contributed by atoms with E-state index in [1.165, 1.54) is 48.5 Å². The largest absolute Gasteiger partial charge is 0.494 e. The van der Waals surface area contributed by atoms with Crippen molar-refractivity contribution in [2.75, 3.05) is 29.6 Å². The molecule has 0 aliphatic heterocycles. The molecule has 0 saturated carbocycles. The predicted octanol–water partition coefficient (Wildman–Crippen LogP) is 10.4. The maximum Gasteiger partial charge on any atom is 0.421 e. The number of ether oxygens (including phenoxy) is 4. The van der Waals surface area contributed by atoms with Crippen molar-refractivity contribution in [3.8, 4) is 16.9 Å². The van der Waals surface area contributed by atoms with Crippen LogP contribution in [0.25, 0.3) is 11.1 Å². The van der Waals surface area contributed by atoms with E-state index in [0.29, 0.717) is 52.5 Å². The van der Waals surface area contributed by atoms with Gasteiger partial charge in [0, 0.05) is 12.1 Å². The molecular formula is C48H61N7O12S3. The SMILES string of the molecule is CSc1sc(C(=N)NC(=O)OC(C)(C)C)cc1S(=O)(=O)c1cccc(-c2c(C)cc(N(C(=N)NC(=O)OC(C)(C)C)C(=O)OC(C)(C)C)cc2NC(=O)NCCCCCOc2ccc(C(=O)O)cc2)c1. The number of carbonyl (C=O) groups is 5. The number of sulfone groups is 1. The van der Waals surface area contributed by atoms with Gasteiger partial charge in [-0.25, -0.2) is 37.3 Å². The maximum absolute atomic E-state index is 14.5. The lowest BCUT2D eigenvalue weighted by Gasteiger charge is -2.29. The lowest BCUT2D eigenvalue weighted by molar-refractivity contribution is 0.0545. The molecule has 1 aromatic heterocycles. The van der Waals surface area contributed by atoms with E-state index in [1.807, 2.05) is 0 Å². The Kier molecular flexibility index (Phi) is 18.6. The van der Waals surface area contributed by atoms with Crippen LogP contribution < -0.4 is 30.9 Å². The Morgan fingerprint density at radius 3 is 1.99 bits per heavy atom. The zero-order chi connectivity index (χ0) is 52.4. The molecule has 19 nitrogen and oxygen atoms in total. The Hall–Kier alpha value is -6.65. The van der Waals surface area contributed by atoms with Crippen LogP contribution >= 0.6 is 23.1 Å². The van der Waals surface area contributed by atoms with Crippen LogP contribution in [0.15, 0.2) is 80.7 Å². The van der Waals surface area contributed by atoms with Crippen LogP contribution in [0, 0.1) is 17.7 Å². The van der Waals surface area contributed by atoms with Crippen molar-refractivity contribution in [1.29, 1.82) is 10.8 Å². The number of aryl methyl sites for hydroxylation is 1. The fourth-order valence-corrected chi connectivity index (χ4v) is 10.3. The normalized spacial score (nSPS) is 11.7. The Morgan fingerprint density at radius 1 is 0.786 bits per heavy atom. The van der Waals surface area contributed by atoms with E-state index in [2.05, 4.69) is 21.3 Å². The van der Waals surface area contributed by atoms with E-state index >= 15 is 0 Å². The fraction of sp³-hybridized carbons (Fsp3) is 0.396. The Bertz CT molecular complexity index is 2720. The number of carboxylic acids is 1. The number of hydrogen-bond acceptors (Lipinski definition) is 15. The number of nitrogens with one attached hydrogen (secondary N) is 6. The van der Waals surface area contributed by atoms with Crippen molar-refractivity contribution in [3.63, 3.8) is 0 Å². The summed E-state index contributed by atoms with van der Waals surface area (Å²) in [7, 11) is -4.29. The first-order valence-corrected chi connectivity index (χ1v) is 25.4. The first kappa shape index (κ1) is 55.9. The second kappa shape index (κ2) is 23.3. The highest BCUT2D eigenvalue weighted by molar-refractivity contribution is 8.01. The average molecular weight is 1020 g/mol. The number of amidine groups is 1. The molecule has 7 N–H and O–H groups in total. The minimum absolute atomic E-state index is 0.00825. The third-order valence-electron chi connectivity index (χ3n) is 9.17. The standard InChI is InChI=1S/C48H61N7O12S3/c1-28-24-31(55(45(61)67-48(8,9)10)41(50)54-44(60)66-47(5,6)7)26-34(52-42(58)51-22-13-12-14-23-64-32-20-18-29(19-21-32)39(56)57)37(28)30-16-15-17-33(25-30)70(62,63)36-27-35(69-40(36)68-11)38(49)53-43(59)65-46(2,3)4/h15-21,24-27H,12-14,22-23H2,1-11H3,(H,56,57)(H2,49,53,59)(H2,50,54,60)(H2,51,52,58). The molecular weight excluding hydrogens is 963 g/mol. The van der Waals surface area contributed by atoms with Crippen molar-refractivity contribution < 1.29 is 56.4 Å². The van der Waals surface area contributed by atoms with Gasteiger partial charge in [-0.3, -0.25) is 21.5 Å². The first-order chi connectivity index (χ1) is 32.5. The molecule has 3 aromatic carbocycles. The lowest BCUT2D eigenvalue weighted by Crippen LogP contribution is -2.49. The highest BCUT2D eigenvalue weighted by Gasteiger charge is 2.32. The third-order valence-corrected chi connectivity index (χ3v) is 13.5. The van der Waals surface area contributed by atoms with Crippen LogP contribution in [0.5, 0.6) is 5.75 Å². The van der Waals surface area contributed by atoms with Gasteiger partial charge in [-0.15, -0.1) is 23.1 Å². The van der Waals surface area contributed by atoms with Gasteiger partial charge in [0.15, 0.2) is 0 Å². The maximum atomic E-state index is 14.5. The summed E-state index contributed by atoms with van der Waals surface area (Å²) in [6.07, 6.45) is 0.610. The zero-order valence-corrected chi connectivity index (χ0v) is 43.4. The highest BCUT2D eigenvalue weighted by Crippen LogP contribution is 2.40. The third kappa shape index (κ3) is 16.5. The lowest BCUT2D eigenvalue weighted by atomic mass is 9.97. The van der Waals surface area contributed by atoms with E-state index in [-0.39, 0.29) is 44.0 Å². The molecule has 0 fully saturated rings. The average Bonchev–Trinajstić information content (AvgIpc) is 3.67. The summed E-state index contributed by atoms with van der Waals surface area (Å²) in [6, 6.07) is 15.6. The Balaban J connectivity index is 1.71. The topological polar surface area (TPSA) is 276 Å². The number of benzene rings is 3. The van der Waals surface area contributed by atoms with Crippen LogP contribution in [0.3, 0.4) is 0 Å². The molecule has 0 aliphatic carbocycles. The Labute approximate surface area is 416 Å². The number of amides is 5. The number of anilines is 2. The summed E-state index contributed by atoms with van der Waals surface area (Å²) >= 11 is 2.16. The molecule has 5 amide bonds. The van der Waals surface area contributed by atoms with Gasteiger partial charge in [-0.2, -0.15) is 0 Å². The van der Waals surface area contributed by atoms with Crippen LogP contribution in [-0.4, -0.2) is 91.8 Å². The van der Waals surface area contributed by atoms with Gasteiger partial charge in [0.1, 0.15) is 28.4 Å². The minimum Gasteiger partial charge on any atom is -0.494 e. The van der Waals surface area contributed by atoms with E-state index in [9.17, 15) is 32.4 Å². The van der Waals surface area contributed by atoms with Gasteiger partial charge in [0.25, 0.3) is 0 Å². The molecule has 4 aromatic rings. The van der Waals surface area contributed by atoms with E-state index in [4.69, 9.17) is 34.9 Å². The number of carbonyl (C=O) groups excluding carboxylic acids is 4. The number of nitrogens with zero attached hydrogens (tertiary/aromatic N) is 1. The van der Waals surface area contributed by atoms with Crippen molar-refractivity contribution in [3.05, 3.63) is 82.7 Å². The van der Waals surface area contributed by atoms with E-state index in [1.54, 1.807) is 93.7 Å². The number of carboxylic acid groups (broad SMARTS) is 1. The monoisotopic (exact) mass is 1020 g/mol. The number of urea groups is 1. The number of alkyl carbamates (subject to hydrolysis) is 2. The molecule has 0 aliphatic rings. The number of thioether (sulfide) groups is 1. The van der Waals surface area contributed by atoms with Crippen molar-refractivity contribution in [2.24, 2.45) is 0 Å². The molecule has 378 valence electrons. The molecule has 0 bridgehead atoms. The summed E-state index contributed by atoms with van der Waals surface area (Å²) in [4.78, 5) is 64.7. The van der Waals surface area contributed by atoms with Gasteiger partial charge >= 0.3 is 30.3 Å². The van der Waals surface area contributed by atoms with Crippen LogP contribution in [-0.2, 0) is 24.0 Å². The van der Waals surface area contributed by atoms with Crippen LogP contribution in [0.2, 0.25) is 0 Å². The molecule has 0 unspecified atom stereocenters. The molecule has 0 atom stereocenters. The van der Waals surface area contributed by atoms with Gasteiger partial charge in [0.2, 0.25) is 15.8 Å². The smallest absolute Gasteiger partial charge is 0.421 e. The van der Waals surface area contributed by atoms with Crippen LogP contribution in [0.1, 0.15) is 102 Å². The van der Waals surface area contributed by atoms with Crippen molar-refractivity contribution in [1.82, 2.24) is 16.0 Å². The second-order valence-corrected chi connectivity index (χ2v) is 22.6. The summed E-state index contributed by atoms with van der Waals surface area (Å²) < 4.78 is 51.3. The first-order valence-electron chi connectivity index (χ1n) is 21.9. The van der Waals surface area contributed by atoms with Crippen molar-refractivity contribution in [2.45, 2.75) is 119 Å². The van der Waals surface area contributed by atoms with E-state index < -0.39 is 62.9 Å². The van der Waals surface area contributed by atoms with Gasteiger partial charge in [0.05, 0.1) is 42.4 Å². The van der Waals surface area contributed by atoms with Crippen LogP contribution in [0.4, 0.5) is 30.6 Å².